The Labute approximate surface area is 68.0 Å². The molecule has 0 bridgehead atoms. The van der Waals surface area contributed by atoms with Gasteiger partial charge in [-0.3, -0.25) is 4.79 Å². The molecule has 0 radical (unpaired) electrons. The molecule has 5 nitrogen and oxygen atoms in total. The van der Waals surface area contributed by atoms with E-state index in [-0.39, 0.29) is 5.56 Å². The Balaban J connectivity index is 3.03. The number of aryl methyl sites for hydroxylation is 2. The maximum absolute atomic E-state index is 11.3. The first-order valence-corrected chi connectivity index (χ1v) is 3.60. The summed E-state index contributed by atoms with van der Waals surface area (Å²) in [6.45, 7) is 3.56. The summed E-state index contributed by atoms with van der Waals surface area (Å²) >= 11 is 0. The third-order valence-electron chi connectivity index (χ3n) is 1.70. The van der Waals surface area contributed by atoms with E-state index < -0.39 is 0 Å². The predicted octanol–water partition coefficient (Wildman–Crippen LogP) is 0.0344. The van der Waals surface area contributed by atoms with E-state index in [1.54, 1.807) is 20.0 Å². The van der Waals surface area contributed by atoms with Gasteiger partial charge in [-0.05, 0) is 13.8 Å². The molecular formula is C7H8N4O. The summed E-state index contributed by atoms with van der Waals surface area (Å²) in [5.41, 5.74) is 1.80. The number of nitrogens with zero attached hydrogens (tertiary/aromatic N) is 3. The van der Waals surface area contributed by atoms with Gasteiger partial charge in [0.15, 0.2) is 5.52 Å². The maximum atomic E-state index is 11.3. The molecule has 0 unspecified atom stereocenters. The first-order valence-electron chi connectivity index (χ1n) is 3.60. The van der Waals surface area contributed by atoms with E-state index in [1.807, 2.05) is 0 Å². The standard InChI is InChI=1S/C7H8N4O/c1-4-3-11-6(7(12)8-4)5(2)9-10-11/h3H,1-2H3,(H,8,12). The molecule has 0 fully saturated rings. The molecule has 5 heteroatoms. The average Bonchev–Trinajstić information content (AvgIpc) is 2.31. The summed E-state index contributed by atoms with van der Waals surface area (Å²) in [5.74, 6) is 0. The summed E-state index contributed by atoms with van der Waals surface area (Å²) in [6, 6.07) is 0. The fourth-order valence-corrected chi connectivity index (χ4v) is 1.19. The number of rotatable bonds is 0. The number of H-pyrrole nitrogens is 1. The minimum Gasteiger partial charge on any atom is -0.323 e. The smallest absolute Gasteiger partial charge is 0.276 e. The Morgan fingerprint density at radius 2 is 2.25 bits per heavy atom. The summed E-state index contributed by atoms with van der Waals surface area (Å²) in [7, 11) is 0. The molecule has 0 saturated carbocycles. The van der Waals surface area contributed by atoms with Crippen LogP contribution < -0.4 is 5.56 Å². The van der Waals surface area contributed by atoms with E-state index in [4.69, 9.17) is 0 Å². The zero-order valence-corrected chi connectivity index (χ0v) is 6.83. The number of aromatic amines is 1. The van der Waals surface area contributed by atoms with Crippen LogP contribution in [-0.4, -0.2) is 19.8 Å². The monoisotopic (exact) mass is 164 g/mol. The Kier molecular flexibility index (Phi) is 1.27. The van der Waals surface area contributed by atoms with E-state index in [1.165, 1.54) is 4.52 Å². The Morgan fingerprint density at radius 1 is 1.50 bits per heavy atom. The van der Waals surface area contributed by atoms with Crippen LogP contribution in [-0.2, 0) is 0 Å². The molecule has 0 aromatic carbocycles. The SMILES string of the molecule is Cc1cn2nnc(C)c2c(=O)[nH]1. The van der Waals surface area contributed by atoms with E-state index in [9.17, 15) is 4.79 Å². The lowest BCUT2D eigenvalue weighted by Gasteiger charge is -1.93. The van der Waals surface area contributed by atoms with Crippen LogP contribution in [0.2, 0.25) is 0 Å². The van der Waals surface area contributed by atoms with Crippen LogP contribution in [0.3, 0.4) is 0 Å². The second-order valence-corrected chi connectivity index (χ2v) is 2.73. The van der Waals surface area contributed by atoms with Crippen molar-refractivity contribution in [2.45, 2.75) is 13.8 Å². The van der Waals surface area contributed by atoms with Crippen LogP contribution in [0.1, 0.15) is 11.4 Å². The molecular weight excluding hydrogens is 156 g/mol. The lowest BCUT2D eigenvalue weighted by Crippen LogP contribution is -2.11. The van der Waals surface area contributed by atoms with Gasteiger partial charge >= 0.3 is 0 Å². The molecule has 2 rings (SSSR count). The van der Waals surface area contributed by atoms with Crippen LogP contribution in [0, 0.1) is 13.8 Å². The van der Waals surface area contributed by atoms with Crippen molar-refractivity contribution in [1.29, 1.82) is 0 Å². The van der Waals surface area contributed by atoms with Gasteiger partial charge in [0, 0.05) is 5.69 Å². The topological polar surface area (TPSA) is 63.1 Å². The van der Waals surface area contributed by atoms with Crippen LogP contribution in [0.5, 0.6) is 0 Å². The molecule has 0 spiro atoms. The predicted molar refractivity (Wildman–Crippen MR) is 43.1 cm³/mol. The van der Waals surface area contributed by atoms with Crippen molar-refractivity contribution in [3.05, 3.63) is 27.9 Å². The quantitative estimate of drug-likeness (QED) is 0.597. The van der Waals surface area contributed by atoms with E-state index in [0.717, 1.165) is 5.69 Å². The molecule has 2 heterocycles. The largest absolute Gasteiger partial charge is 0.323 e. The molecule has 2 aromatic heterocycles. The average molecular weight is 164 g/mol. The molecule has 0 aliphatic rings. The van der Waals surface area contributed by atoms with Crippen LogP contribution >= 0.6 is 0 Å². The van der Waals surface area contributed by atoms with Crippen molar-refractivity contribution < 1.29 is 0 Å². The van der Waals surface area contributed by atoms with Gasteiger partial charge in [0.2, 0.25) is 0 Å². The molecule has 0 aliphatic heterocycles. The van der Waals surface area contributed by atoms with Crippen molar-refractivity contribution in [2.75, 3.05) is 0 Å². The lowest BCUT2D eigenvalue weighted by molar-refractivity contribution is 0.832. The Bertz CT molecular complexity index is 482. The number of aromatic nitrogens is 4. The summed E-state index contributed by atoms with van der Waals surface area (Å²) in [4.78, 5) is 14.0. The molecule has 1 N–H and O–H groups in total. The number of nitrogens with one attached hydrogen (secondary N) is 1. The van der Waals surface area contributed by atoms with Gasteiger partial charge in [-0.15, -0.1) is 5.10 Å². The van der Waals surface area contributed by atoms with E-state index >= 15 is 0 Å². The third kappa shape index (κ3) is 0.827. The molecule has 2 aromatic rings. The van der Waals surface area contributed by atoms with E-state index in [2.05, 4.69) is 15.3 Å². The van der Waals surface area contributed by atoms with Crippen molar-refractivity contribution in [1.82, 2.24) is 19.8 Å². The van der Waals surface area contributed by atoms with Gasteiger partial charge in [-0.25, -0.2) is 4.52 Å². The molecule has 0 amide bonds. The number of hydrogen-bond acceptors (Lipinski definition) is 3. The Hall–Kier alpha value is -1.65. The van der Waals surface area contributed by atoms with Crippen molar-refractivity contribution >= 4 is 5.52 Å². The Morgan fingerprint density at radius 3 is 3.00 bits per heavy atom. The zero-order chi connectivity index (χ0) is 8.72. The van der Waals surface area contributed by atoms with Gasteiger partial charge in [-0.1, -0.05) is 5.21 Å². The van der Waals surface area contributed by atoms with Gasteiger partial charge in [0.05, 0.1) is 11.9 Å². The van der Waals surface area contributed by atoms with Gasteiger partial charge in [-0.2, -0.15) is 0 Å². The molecule has 12 heavy (non-hydrogen) atoms. The fourth-order valence-electron chi connectivity index (χ4n) is 1.19. The highest BCUT2D eigenvalue weighted by atomic mass is 16.1. The summed E-state index contributed by atoms with van der Waals surface area (Å²) < 4.78 is 1.49. The van der Waals surface area contributed by atoms with Crippen LogP contribution in [0.25, 0.3) is 5.52 Å². The summed E-state index contributed by atoms with van der Waals surface area (Å²) in [6.07, 6.45) is 1.73. The molecule has 62 valence electrons. The maximum Gasteiger partial charge on any atom is 0.276 e. The summed E-state index contributed by atoms with van der Waals surface area (Å²) in [5, 5.41) is 7.58. The minimum absolute atomic E-state index is 0.141. The highest BCUT2D eigenvalue weighted by Gasteiger charge is 2.04. The second kappa shape index (κ2) is 2.17. The van der Waals surface area contributed by atoms with Gasteiger partial charge < -0.3 is 4.98 Å². The second-order valence-electron chi connectivity index (χ2n) is 2.73. The lowest BCUT2D eigenvalue weighted by atomic mass is 10.4. The van der Waals surface area contributed by atoms with Crippen LogP contribution in [0.15, 0.2) is 11.0 Å². The third-order valence-corrected chi connectivity index (χ3v) is 1.70. The van der Waals surface area contributed by atoms with Gasteiger partial charge in [0.1, 0.15) is 0 Å². The molecule has 0 aliphatic carbocycles. The normalized spacial score (nSPS) is 10.8. The van der Waals surface area contributed by atoms with Crippen molar-refractivity contribution in [3.8, 4) is 0 Å². The number of fused-ring (bicyclic) bond motifs is 1. The van der Waals surface area contributed by atoms with Gasteiger partial charge in [0.25, 0.3) is 5.56 Å². The number of hydrogen-bond donors (Lipinski definition) is 1. The first kappa shape index (κ1) is 7.02. The van der Waals surface area contributed by atoms with Crippen LogP contribution in [0.4, 0.5) is 0 Å². The minimum atomic E-state index is -0.141. The highest BCUT2D eigenvalue weighted by Crippen LogP contribution is 1.99. The molecule has 0 atom stereocenters. The first-order chi connectivity index (χ1) is 5.68. The van der Waals surface area contributed by atoms with E-state index in [0.29, 0.717) is 11.2 Å². The zero-order valence-electron chi connectivity index (χ0n) is 6.83. The highest BCUT2D eigenvalue weighted by molar-refractivity contribution is 5.47. The molecule has 0 saturated heterocycles. The fraction of sp³-hybridized carbons (Fsp3) is 0.286. The van der Waals surface area contributed by atoms with Crippen molar-refractivity contribution in [2.24, 2.45) is 0 Å². The van der Waals surface area contributed by atoms with Crippen molar-refractivity contribution in [3.63, 3.8) is 0 Å².